The number of nitrogens with one attached hydrogen (secondary N) is 1. The van der Waals surface area contributed by atoms with Crippen molar-refractivity contribution >= 4 is 11.9 Å². The summed E-state index contributed by atoms with van der Waals surface area (Å²) >= 11 is 0. The Morgan fingerprint density at radius 2 is 2.14 bits per heavy atom. The van der Waals surface area contributed by atoms with Crippen LogP contribution in [0, 0.1) is 11.7 Å². The van der Waals surface area contributed by atoms with E-state index in [4.69, 9.17) is 9.84 Å². The zero-order chi connectivity index (χ0) is 15.9. The monoisotopic (exact) mass is 309 g/mol. The number of hydrogen-bond donors (Lipinski definition) is 2. The Kier molecular flexibility index (Phi) is 5.89. The Morgan fingerprint density at radius 1 is 1.36 bits per heavy atom. The molecule has 0 spiro atoms. The molecule has 0 radical (unpaired) electrons. The summed E-state index contributed by atoms with van der Waals surface area (Å²) in [6.45, 7) is 1.06. The molecule has 1 fully saturated rings. The number of rotatable bonds is 9. The number of carboxylic acid groups (broad SMARTS) is 1. The summed E-state index contributed by atoms with van der Waals surface area (Å²) in [6.07, 6.45) is 2.70. The van der Waals surface area contributed by atoms with E-state index in [0.717, 1.165) is 0 Å². The van der Waals surface area contributed by atoms with E-state index in [1.54, 1.807) is 0 Å². The first-order chi connectivity index (χ1) is 10.6. The van der Waals surface area contributed by atoms with Crippen LogP contribution in [0.25, 0.3) is 0 Å². The zero-order valence-corrected chi connectivity index (χ0v) is 12.3. The molecule has 1 amide bonds. The van der Waals surface area contributed by atoms with Gasteiger partial charge in [0.05, 0.1) is 6.61 Å². The fraction of sp³-hybridized carbons (Fsp3) is 0.500. The fourth-order valence-electron chi connectivity index (χ4n) is 1.99. The summed E-state index contributed by atoms with van der Waals surface area (Å²) in [5.74, 6) is -1.03. The Balaban J connectivity index is 1.83. The molecule has 0 bridgehead atoms. The first-order valence-corrected chi connectivity index (χ1v) is 7.42. The Morgan fingerprint density at radius 3 is 2.82 bits per heavy atom. The van der Waals surface area contributed by atoms with Crippen molar-refractivity contribution in [2.24, 2.45) is 5.92 Å². The molecule has 2 N–H and O–H groups in total. The maximum atomic E-state index is 13.7. The molecule has 0 saturated heterocycles. The summed E-state index contributed by atoms with van der Waals surface area (Å²) in [5, 5.41) is 11.1. The second-order valence-electron chi connectivity index (χ2n) is 5.52. The van der Waals surface area contributed by atoms with E-state index in [1.807, 2.05) is 0 Å². The number of amides is 1. The molecule has 1 aliphatic rings. The average Bonchev–Trinajstić information content (AvgIpc) is 3.29. The highest BCUT2D eigenvalue weighted by atomic mass is 19.1. The van der Waals surface area contributed by atoms with Crippen LogP contribution in [0.5, 0.6) is 0 Å². The molecule has 5 nitrogen and oxygen atoms in total. The van der Waals surface area contributed by atoms with Crippen molar-refractivity contribution in [1.29, 1.82) is 0 Å². The number of aliphatic carboxylic acids is 1. The second kappa shape index (κ2) is 7.89. The van der Waals surface area contributed by atoms with E-state index < -0.39 is 11.8 Å². The highest BCUT2D eigenvalue weighted by Gasteiger charge is 2.21. The quantitative estimate of drug-likeness (QED) is 0.687. The second-order valence-corrected chi connectivity index (χ2v) is 5.52. The molecule has 0 unspecified atom stereocenters. The summed E-state index contributed by atoms with van der Waals surface area (Å²) in [7, 11) is 0. The normalized spacial score (nSPS) is 13.9. The minimum atomic E-state index is -0.897. The van der Waals surface area contributed by atoms with Gasteiger partial charge in [0, 0.05) is 30.7 Å². The summed E-state index contributed by atoms with van der Waals surface area (Å²) in [5.41, 5.74) is 0.709. The Hall–Kier alpha value is -1.95. The van der Waals surface area contributed by atoms with Crippen molar-refractivity contribution in [3.63, 3.8) is 0 Å². The Bertz CT molecular complexity index is 543. The molecule has 2 rings (SSSR count). The third-order valence-corrected chi connectivity index (χ3v) is 3.47. The lowest BCUT2D eigenvalue weighted by molar-refractivity contribution is -0.137. The van der Waals surface area contributed by atoms with Gasteiger partial charge in [0.15, 0.2) is 0 Å². The number of carbonyl (C=O) groups is 2. The van der Waals surface area contributed by atoms with Crippen LogP contribution in [0.2, 0.25) is 0 Å². The van der Waals surface area contributed by atoms with Crippen LogP contribution >= 0.6 is 0 Å². The predicted molar refractivity (Wildman–Crippen MR) is 78.0 cm³/mol. The van der Waals surface area contributed by atoms with Gasteiger partial charge in [-0.25, -0.2) is 4.39 Å². The molecular formula is C16H20FNO4. The molecule has 0 aromatic heterocycles. The van der Waals surface area contributed by atoms with Crippen molar-refractivity contribution in [3.8, 4) is 0 Å². The van der Waals surface area contributed by atoms with Gasteiger partial charge in [-0.3, -0.25) is 9.59 Å². The maximum absolute atomic E-state index is 13.7. The molecule has 1 saturated carbocycles. The van der Waals surface area contributed by atoms with Crippen molar-refractivity contribution in [1.82, 2.24) is 5.32 Å². The molecule has 0 atom stereocenters. The molecule has 1 aromatic carbocycles. The van der Waals surface area contributed by atoms with E-state index in [9.17, 15) is 14.0 Å². The van der Waals surface area contributed by atoms with E-state index in [2.05, 4.69) is 5.32 Å². The van der Waals surface area contributed by atoms with Gasteiger partial charge in [0.1, 0.15) is 5.82 Å². The van der Waals surface area contributed by atoms with Gasteiger partial charge in [-0.15, -0.1) is 0 Å². The lowest BCUT2D eigenvalue weighted by Gasteiger charge is -2.08. The van der Waals surface area contributed by atoms with Gasteiger partial charge in [-0.05, 0) is 43.4 Å². The average molecular weight is 309 g/mol. The summed E-state index contributed by atoms with van der Waals surface area (Å²) in [4.78, 5) is 22.3. The third kappa shape index (κ3) is 5.44. The number of halogens is 1. The topological polar surface area (TPSA) is 75.6 Å². The third-order valence-electron chi connectivity index (χ3n) is 3.47. The van der Waals surface area contributed by atoms with Gasteiger partial charge < -0.3 is 15.2 Å². The standard InChI is InChI=1S/C16H20FNO4/c17-14-6-5-12(16(21)18-7-1-2-15(19)20)8-13(14)10-22-9-11-3-4-11/h5-6,8,11H,1-4,7,9-10H2,(H,18,21)(H,19,20). The molecule has 1 aromatic rings. The van der Waals surface area contributed by atoms with Gasteiger partial charge >= 0.3 is 5.97 Å². The number of hydrogen-bond acceptors (Lipinski definition) is 3. The minimum Gasteiger partial charge on any atom is -0.481 e. The molecule has 0 aliphatic heterocycles. The number of benzene rings is 1. The summed E-state index contributed by atoms with van der Waals surface area (Å²) in [6, 6.07) is 4.14. The first kappa shape index (κ1) is 16.4. The Labute approximate surface area is 128 Å². The largest absolute Gasteiger partial charge is 0.481 e. The van der Waals surface area contributed by atoms with Gasteiger partial charge in [-0.2, -0.15) is 0 Å². The van der Waals surface area contributed by atoms with Crippen LogP contribution in [-0.2, 0) is 16.1 Å². The highest BCUT2D eigenvalue weighted by Crippen LogP contribution is 2.29. The van der Waals surface area contributed by atoms with E-state index in [0.29, 0.717) is 30.1 Å². The van der Waals surface area contributed by atoms with Crippen LogP contribution < -0.4 is 5.32 Å². The fourth-order valence-corrected chi connectivity index (χ4v) is 1.99. The molecular weight excluding hydrogens is 289 g/mol. The SMILES string of the molecule is O=C(O)CCCNC(=O)c1ccc(F)c(COCC2CC2)c1. The zero-order valence-electron chi connectivity index (χ0n) is 12.3. The van der Waals surface area contributed by atoms with Crippen LogP contribution in [0.3, 0.4) is 0 Å². The lowest BCUT2D eigenvalue weighted by atomic mass is 10.1. The molecule has 0 heterocycles. The number of carbonyl (C=O) groups excluding carboxylic acids is 1. The lowest BCUT2D eigenvalue weighted by Crippen LogP contribution is -2.25. The van der Waals surface area contributed by atoms with Crippen LogP contribution in [0.15, 0.2) is 18.2 Å². The van der Waals surface area contributed by atoms with Crippen LogP contribution in [-0.4, -0.2) is 30.1 Å². The van der Waals surface area contributed by atoms with Gasteiger partial charge in [-0.1, -0.05) is 0 Å². The number of carboxylic acids is 1. The first-order valence-electron chi connectivity index (χ1n) is 7.42. The number of ether oxygens (including phenoxy) is 1. The van der Waals surface area contributed by atoms with E-state index >= 15 is 0 Å². The van der Waals surface area contributed by atoms with Crippen molar-refractivity contribution < 1.29 is 23.8 Å². The van der Waals surface area contributed by atoms with Gasteiger partial charge in [0.2, 0.25) is 0 Å². The molecule has 22 heavy (non-hydrogen) atoms. The van der Waals surface area contributed by atoms with Crippen LogP contribution in [0.4, 0.5) is 4.39 Å². The van der Waals surface area contributed by atoms with Crippen molar-refractivity contribution in [3.05, 3.63) is 35.1 Å². The van der Waals surface area contributed by atoms with E-state index in [-0.39, 0.29) is 25.5 Å². The molecule has 120 valence electrons. The molecule has 6 heteroatoms. The summed E-state index contributed by atoms with van der Waals surface area (Å²) < 4.78 is 19.1. The maximum Gasteiger partial charge on any atom is 0.303 e. The molecule has 1 aliphatic carbocycles. The smallest absolute Gasteiger partial charge is 0.303 e. The highest BCUT2D eigenvalue weighted by molar-refractivity contribution is 5.94. The van der Waals surface area contributed by atoms with E-state index in [1.165, 1.54) is 31.0 Å². The predicted octanol–water partition coefficient (Wildman–Crippen LogP) is 2.35. The van der Waals surface area contributed by atoms with Crippen molar-refractivity contribution in [2.75, 3.05) is 13.2 Å². The van der Waals surface area contributed by atoms with Gasteiger partial charge in [0.25, 0.3) is 5.91 Å². The minimum absolute atomic E-state index is 0.00392. The van der Waals surface area contributed by atoms with Crippen LogP contribution in [0.1, 0.15) is 41.6 Å². The van der Waals surface area contributed by atoms with Crippen molar-refractivity contribution in [2.45, 2.75) is 32.3 Å².